The van der Waals surface area contributed by atoms with Crippen LogP contribution >= 0.6 is 0 Å². The molecule has 4 nitrogen and oxygen atoms in total. The van der Waals surface area contributed by atoms with Crippen LogP contribution in [0.3, 0.4) is 0 Å². The predicted molar refractivity (Wildman–Crippen MR) is 97.1 cm³/mol. The van der Waals surface area contributed by atoms with Crippen molar-refractivity contribution in [3.05, 3.63) is 60.4 Å². The summed E-state index contributed by atoms with van der Waals surface area (Å²) in [5, 5.41) is 5.48. The molecular formula is C19H19N4W-. The molecule has 1 aromatic carbocycles. The van der Waals surface area contributed by atoms with Gasteiger partial charge in [-0.3, -0.25) is 0 Å². The van der Waals surface area contributed by atoms with Crippen LogP contribution in [0.5, 0.6) is 0 Å². The zero-order valence-electron chi connectivity index (χ0n) is 14.0. The van der Waals surface area contributed by atoms with Gasteiger partial charge in [-0.2, -0.15) is 0 Å². The van der Waals surface area contributed by atoms with E-state index in [1.54, 1.807) is 6.20 Å². The Kier molecular flexibility index (Phi) is 6.95. The van der Waals surface area contributed by atoms with Gasteiger partial charge in [0.05, 0.1) is 0 Å². The zero-order valence-corrected chi connectivity index (χ0v) is 16.9. The van der Waals surface area contributed by atoms with E-state index in [1.807, 2.05) is 78.8 Å². The summed E-state index contributed by atoms with van der Waals surface area (Å²) in [6, 6.07) is 12.0. The third-order valence-corrected chi connectivity index (χ3v) is 3.73. The number of aromatic nitrogens is 3. The van der Waals surface area contributed by atoms with Crippen LogP contribution in [0.1, 0.15) is 26.3 Å². The summed E-state index contributed by atoms with van der Waals surface area (Å²) in [6.07, 6.45) is 8.65. The van der Waals surface area contributed by atoms with Gasteiger partial charge >= 0.3 is 139 Å². The molecule has 3 aromatic rings. The van der Waals surface area contributed by atoms with E-state index in [-0.39, 0.29) is 0 Å². The van der Waals surface area contributed by atoms with Crippen molar-refractivity contribution >= 4 is 27.3 Å². The first-order valence-corrected chi connectivity index (χ1v) is 9.44. The number of allylic oxidation sites excluding steroid dienone is 2. The number of rotatable bonds is 4. The van der Waals surface area contributed by atoms with Crippen molar-refractivity contribution in [1.29, 1.82) is 0 Å². The topological polar surface area (TPSA) is 43.1 Å². The summed E-state index contributed by atoms with van der Waals surface area (Å²) in [5.41, 5.74) is 3.80. The number of fused-ring (bicyclic) bond motifs is 1. The molecule has 24 heavy (non-hydrogen) atoms. The summed E-state index contributed by atoms with van der Waals surface area (Å²) < 4.78 is 3.68. The second kappa shape index (κ2) is 9.19. The van der Waals surface area contributed by atoms with Gasteiger partial charge in [0, 0.05) is 0 Å². The molecule has 5 heteroatoms. The molecule has 0 aliphatic carbocycles. The Morgan fingerprint density at radius 3 is 2.62 bits per heavy atom. The molecule has 0 saturated carbocycles. The molecule has 0 radical (unpaired) electrons. The molecule has 2 heterocycles. The Bertz CT molecular complexity index is 863. The molecule has 0 unspecified atom stereocenters. The van der Waals surface area contributed by atoms with Gasteiger partial charge in [0.15, 0.2) is 0 Å². The minimum absolute atomic E-state index is 0.830. The first-order valence-electron chi connectivity index (χ1n) is 7.75. The second-order valence-corrected chi connectivity index (χ2v) is 5.29. The van der Waals surface area contributed by atoms with Crippen molar-refractivity contribution in [3.8, 4) is 5.69 Å². The number of nitrogens with zero attached hydrogens (tertiary/aromatic N) is 4. The van der Waals surface area contributed by atoms with Gasteiger partial charge in [-0.15, -0.1) is 0 Å². The van der Waals surface area contributed by atoms with Gasteiger partial charge in [-0.1, -0.05) is 13.8 Å². The third kappa shape index (κ3) is 3.82. The van der Waals surface area contributed by atoms with Crippen molar-refractivity contribution in [2.24, 2.45) is 4.99 Å². The van der Waals surface area contributed by atoms with Gasteiger partial charge in [0.25, 0.3) is 0 Å². The van der Waals surface area contributed by atoms with Crippen LogP contribution in [0.25, 0.3) is 22.3 Å². The maximum atomic E-state index is 4.49. The summed E-state index contributed by atoms with van der Waals surface area (Å²) in [6.45, 7) is 5.89. The van der Waals surface area contributed by atoms with Gasteiger partial charge in [-0.25, -0.2) is 0 Å². The van der Waals surface area contributed by atoms with Crippen LogP contribution in [-0.2, 0) is 19.4 Å². The summed E-state index contributed by atoms with van der Waals surface area (Å²) in [5.74, 6) is 0. The molecule has 0 N–H and O–H groups in total. The number of hydrogen-bond acceptors (Lipinski definition) is 3. The van der Waals surface area contributed by atoms with E-state index in [0.29, 0.717) is 0 Å². The molecular weight excluding hydrogens is 468 g/mol. The van der Waals surface area contributed by atoms with Crippen molar-refractivity contribution in [1.82, 2.24) is 14.8 Å². The molecule has 122 valence electrons. The quantitative estimate of drug-likeness (QED) is 0.412. The van der Waals surface area contributed by atoms with Crippen LogP contribution in [0, 0.1) is 6.08 Å². The van der Waals surface area contributed by atoms with Gasteiger partial charge in [-0.05, 0) is 0 Å². The van der Waals surface area contributed by atoms with Crippen LogP contribution < -0.4 is 0 Å². The summed E-state index contributed by atoms with van der Waals surface area (Å²) in [4.78, 5) is 8.72. The zero-order chi connectivity index (χ0) is 17.4. The monoisotopic (exact) mass is 487 g/mol. The van der Waals surface area contributed by atoms with Crippen LogP contribution in [0.4, 0.5) is 0 Å². The molecule has 0 saturated heterocycles. The molecule has 0 bridgehead atoms. The van der Waals surface area contributed by atoms with Crippen LogP contribution in [0.15, 0.2) is 53.8 Å². The van der Waals surface area contributed by atoms with Crippen molar-refractivity contribution in [2.75, 3.05) is 0 Å². The Balaban J connectivity index is 0.00000100. The molecule has 0 aliphatic heterocycles. The Hall–Kier alpha value is -2.19. The summed E-state index contributed by atoms with van der Waals surface area (Å²) in [7, 11) is 0. The number of benzene rings is 1. The normalized spacial score (nSPS) is 11.4. The number of aliphatic imine (C=N–C) groups is 1. The minimum atomic E-state index is 0.830. The summed E-state index contributed by atoms with van der Waals surface area (Å²) >= 11 is 1.32. The average Bonchev–Trinajstić information content (AvgIpc) is 3.09. The van der Waals surface area contributed by atoms with Crippen molar-refractivity contribution < 1.29 is 19.4 Å². The van der Waals surface area contributed by atoms with Crippen molar-refractivity contribution in [3.63, 3.8) is 0 Å². The van der Waals surface area contributed by atoms with Gasteiger partial charge in [0.1, 0.15) is 0 Å². The van der Waals surface area contributed by atoms with E-state index in [4.69, 9.17) is 0 Å². The Morgan fingerprint density at radius 2 is 1.96 bits per heavy atom. The Morgan fingerprint density at radius 1 is 1.21 bits per heavy atom. The number of pyridine rings is 1. The fraction of sp³-hybridized carbons (Fsp3) is 0.158. The molecule has 0 aliphatic rings. The first-order chi connectivity index (χ1) is 11.8. The third-order valence-electron chi connectivity index (χ3n) is 3.30. The number of hydrogen-bond donors (Lipinski definition) is 0. The van der Waals surface area contributed by atoms with Crippen molar-refractivity contribution in [2.45, 2.75) is 20.8 Å². The van der Waals surface area contributed by atoms with Gasteiger partial charge in [0.2, 0.25) is 0 Å². The maximum absolute atomic E-state index is 4.49. The van der Waals surface area contributed by atoms with E-state index in [0.717, 1.165) is 27.9 Å². The first kappa shape index (κ1) is 18.2. The van der Waals surface area contributed by atoms with E-state index in [9.17, 15) is 0 Å². The standard InChI is InChI=1S/C17H13N4.C2H6.W/c1-3-13(11-18-2)15-9-10-19-17-16(15)12-20-21(17)14-7-5-4-6-8-14;1-2;/h2,4-12H,1H3;1-2H3;/q-1;;. The van der Waals surface area contributed by atoms with Gasteiger partial charge < -0.3 is 0 Å². The van der Waals surface area contributed by atoms with E-state index < -0.39 is 0 Å². The molecule has 2 aromatic heterocycles. The molecule has 0 spiro atoms. The molecule has 0 fully saturated rings. The average molecular weight is 487 g/mol. The second-order valence-electron chi connectivity index (χ2n) is 4.53. The number of para-hydroxylation sites is 1. The molecule has 3 rings (SSSR count). The molecule has 0 atom stereocenters. The van der Waals surface area contributed by atoms with E-state index in [1.165, 1.54) is 19.4 Å². The fourth-order valence-corrected chi connectivity index (χ4v) is 2.51. The van der Waals surface area contributed by atoms with Crippen LogP contribution in [-0.4, -0.2) is 25.5 Å². The fourth-order valence-electron chi connectivity index (χ4n) is 2.30. The SMILES string of the molecule is CC.C[C-]=C(C=N[CH]=[W])c1ccnc2c1cnn2-c1ccccc1. The van der Waals surface area contributed by atoms with E-state index >= 15 is 0 Å². The predicted octanol–water partition coefficient (Wildman–Crippen LogP) is 4.03. The Labute approximate surface area is 153 Å². The van der Waals surface area contributed by atoms with E-state index in [2.05, 4.69) is 21.2 Å². The van der Waals surface area contributed by atoms with Crippen LogP contribution in [0.2, 0.25) is 0 Å². The molecule has 0 amide bonds.